The maximum Gasteiger partial charge on any atom is 0.375 e. The fraction of sp³-hybridized carbons (Fsp3) is 1.00. The summed E-state index contributed by atoms with van der Waals surface area (Å²) < 4.78 is 72.4. The lowest BCUT2D eigenvalue weighted by Crippen LogP contribution is -2.64. The van der Waals surface area contributed by atoms with Gasteiger partial charge >= 0.3 is 6.17 Å². The van der Waals surface area contributed by atoms with Crippen LogP contribution in [0.25, 0.3) is 0 Å². The Morgan fingerprint density at radius 1 is 0.655 bits per heavy atom. The second-order valence-electron chi connectivity index (χ2n) is 8.09. The van der Waals surface area contributed by atoms with Gasteiger partial charge in [-0.15, -0.1) is 0 Å². The van der Waals surface area contributed by atoms with E-state index < -0.39 is 43.1 Å². The van der Waals surface area contributed by atoms with E-state index in [-0.39, 0.29) is 0 Å². The lowest BCUT2D eigenvalue weighted by molar-refractivity contribution is -0.285. The van der Waals surface area contributed by atoms with Crippen molar-refractivity contribution in [3.8, 4) is 0 Å². The Bertz CT molecular complexity index is 430. The van der Waals surface area contributed by atoms with E-state index in [1.165, 1.54) is 14.2 Å². The van der Waals surface area contributed by atoms with Crippen molar-refractivity contribution in [2.75, 3.05) is 27.4 Å². The average molecular weight is 429 g/mol. The second kappa shape index (κ2) is 11.3. The van der Waals surface area contributed by atoms with Gasteiger partial charge in [0.1, 0.15) is 0 Å². The Labute approximate surface area is 173 Å². The Balaban J connectivity index is 3.86. The number of nitrogens with zero attached hydrogens (tertiary/aromatic N) is 2. The standard InChI is InChI=1S/C21H40F4N2O2/c1-7-11-19(12-8-2)20(13-9-3,14-10-4)27(18(23)16-29-6)21(24,25)26(19)17(22)15-28-5/h17-18H,7-16H2,1-6H3. The quantitative estimate of drug-likeness (QED) is 0.261. The Hall–Kier alpha value is -0.440. The summed E-state index contributed by atoms with van der Waals surface area (Å²) in [5.74, 6) is 0. The molecular formula is C21H40F4N2O2. The van der Waals surface area contributed by atoms with E-state index in [2.05, 4.69) is 0 Å². The highest BCUT2D eigenvalue weighted by Crippen LogP contribution is 2.60. The zero-order chi connectivity index (χ0) is 22.3. The summed E-state index contributed by atoms with van der Waals surface area (Å²) >= 11 is 0. The molecule has 1 saturated heterocycles. The van der Waals surface area contributed by atoms with Crippen LogP contribution in [0, 0.1) is 0 Å². The monoisotopic (exact) mass is 428 g/mol. The largest absolute Gasteiger partial charge is 0.380 e. The fourth-order valence-electron chi connectivity index (χ4n) is 5.69. The number of methoxy groups -OCH3 is 2. The SMILES string of the molecule is CCCC1(CCC)N(C(F)COC)C(F)(F)N(C(F)COC)C1(CCC)CCC. The molecule has 0 saturated carbocycles. The molecule has 0 radical (unpaired) electrons. The van der Waals surface area contributed by atoms with Crippen LogP contribution in [0.1, 0.15) is 79.1 Å². The van der Waals surface area contributed by atoms with Crippen molar-refractivity contribution in [1.82, 2.24) is 9.80 Å². The molecule has 0 spiro atoms. The fourth-order valence-corrected chi connectivity index (χ4v) is 5.69. The maximum absolute atomic E-state index is 16.0. The first-order chi connectivity index (χ1) is 13.7. The van der Waals surface area contributed by atoms with Gasteiger partial charge in [-0.2, -0.15) is 18.6 Å². The molecule has 1 heterocycles. The lowest BCUT2D eigenvalue weighted by atomic mass is 9.66. The van der Waals surface area contributed by atoms with Gasteiger partial charge in [0.2, 0.25) is 0 Å². The van der Waals surface area contributed by atoms with Crippen molar-refractivity contribution in [3.05, 3.63) is 0 Å². The Kier molecular flexibility index (Phi) is 10.3. The van der Waals surface area contributed by atoms with Crippen LogP contribution in [0.4, 0.5) is 17.6 Å². The number of rotatable bonds is 14. The van der Waals surface area contributed by atoms with E-state index in [1.54, 1.807) is 0 Å². The Morgan fingerprint density at radius 3 is 1.14 bits per heavy atom. The summed E-state index contributed by atoms with van der Waals surface area (Å²) in [6.45, 7) is 6.65. The molecule has 174 valence electrons. The van der Waals surface area contributed by atoms with Crippen molar-refractivity contribution in [2.45, 2.75) is 109 Å². The van der Waals surface area contributed by atoms with E-state index in [9.17, 15) is 0 Å². The highest BCUT2D eigenvalue weighted by Gasteiger charge is 2.75. The van der Waals surface area contributed by atoms with Crippen molar-refractivity contribution < 1.29 is 27.0 Å². The first-order valence-corrected chi connectivity index (χ1v) is 10.9. The minimum absolute atomic E-state index is 0.358. The summed E-state index contributed by atoms with van der Waals surface area (Å²) in [4.78, 5) is 1.29. The zero-order valence-electron chi connectivity index (χ0n) is 18.9. The summed E-state index contributed by atoms with van der Waals surface area (Å²) in [7, 11) is 2.57. The molecule has 0 N–H and O–H groups in total. The molecule has 1 fully saturated rings. The molecule has 1 aliphatic heterocycles. The molecule has 0 aromatic rings. The molecule has 0 aromatic heterocycles. The number of ether oxygens (including phenoxy) is 2. The van der Waals surface area contributed by atoms with E-state index in [1.807, 2.05) is 27.7 Å². The highest BCUT2D eigenvalue weighted by molar-refractivity contribution is 5.20. The topological polar surface area (TPSA) is 24.9 Å². The van der Waals surface area contributed by atoms with Gasteiger partial charge in [-0.05, 0) is 25.7 Å². The third kappa shape index (κ3) is 4.60. The van der Waals surface area contributed by atoms with Crippen LogP contribution in [0.15, 0.2) is 0 Å². The van der Waals surface area contributed by atoms with Gasteiger partial charge in [-0.3, -0.25) is 0 Å². The maximum atomic E-state index is 16.0. The molecule has 1 aliphatic rings. The van der Waals surface area contributed by atoms with Crippen molar-refractivity contribution >= 4 is 0 Å². The van der Waals surface area contributed by atoms with Crippen molar-refractivity contribution in [3.63, 3.8) is 0 Å². The van der Waals surface area contributed by atoms with Crippen molar-refractivity contribution in [2.24, 2.45) is 0 Å². The highest BCUT2D eigenvalue weighted by atomic mass is 19.3. The van der Waals surface area contributed by atoms with Gasteiger partial charge in [-0.25, -0.2) is 8.78 Å². The number of hydrogen-bond donors (Lipinski definition) is 0. The summed E-state index contributed by atoms with van der Waals surface area (Å²) in [6, 6.07) is 0. The number of halogens is 4. The molecule has 0 aromatic carbocycles. The summed E-state index contributed by atoms with van der Waals surface area (Å²) in [6.07, 6.45) is -4.08. The third-order valence-electron chi connectivity index (χ3n) is 6.19. The van der Waals surface area contributed by atoms with Crippen LogP contribution >= 0.6 is 0 Å². The van der Waals surface area contributed by atoms with Crippen LogP contribution in [-0.4, -0.2) is 67.1 Å². The zero-order valence-corrected chi connectivity index (χ0v) is 18.9. The van der Waals surface area contributed by atoms with Gasteiger partial charge in [0, 0.05) is 25.3 Å². The minimum atomic E-state index is -3.80. The molecule has 0 bridgehead atoms. The summed E-state index contributed by atoms with van der Waals surface area (Å²) in [5, 5.41) is 0. The predicted molar refractivity (Wildman–Crippen MR) is 107 cm³/mol. The molecular weight excluding hydrogens is 388 g/mol. The van der Waals surface area contributed by atoms with Crippen LogP contribution in [0.3, 0.4) is 0 Å². The van der Waals surface area contributed by atoms with Crippen LogP contribution in [0.2, 0.25) is 0 Å². The second-order valence-corrected chi connectivity index (χ2v) is 8.09. The van der Waals surface area contributed by atoms with Crippen LogP contribution in [-0.2, 0) is 9.47 Å². The molecule has 8 heteroatoms. The number of hydrogen-bond acceptors (Lipinski definition) is 4. The minimum Gasteiger partial charge on any atom is -0.380 e. The van der Waals surface area contributed by atoms with E-state index in [0.29, 0.717) is 61.2 Å². The van der Waals surface area contributed by atoms with Gasteiger partial charge in [-0.1, -0.05) is 53.4 Å². The van der Waals surface area contributed by atoms with Gasteiger partial charge in [0.05, 0.1) is 13.2 Å². The average Bonchev–Trinajstić information content (AvgIpc) is 2.77. The van der Waals surface area contributed by atoms with E-state index in [0.717, 1.165) is 0 Å². The third-order valence-corrected chi connectivity index (χ3v) is 6.19. The normalized spacial score (nSPS) is 23.4. The predicted octanol–water partition coefficient (Wildman–Crippen LogP) is 5.72. The Morgan fingerprint density at radius 2 is 0.931 bits per heavy atom. The van der Waals surface area contributed by atoms with E-state index >= 15 is 17.6 Å². The first-order valence-electron chi connectivity index (χ1n) is 10.9. The molecule has 0 aliphatic carbocycles. The molecule has 1 rings (SSSR count). The lowest BCUT2D eigenvalue weighted by Gasteiger charge is -2.52. The van der Waals surface area contributed by atoms with Crippen LogP contribution in [0.5, 0.6) is 0 Å². The van der Waals surface area contributed by atoms with E-state index in [4.69, 9.17) is 9.47 Å². The summed E-state index contributed by atoms with van der Waals surface area (Å²) in [5.41, 5.74) is -2.41. The smallest absolute Gasteiger partial charge is 0.375 e. The molecule has 2 unspecified atom stereocenters. The van der Waals surface area contributed by atoms with Crippen molar-refractivity contribution in [1.29, 1.82) is 0 Å². The first kappa shape index (κ1) is 26.6. The van der Waals surface area contributed by atoms with Gasteiger partial charge in [0.25, 0.3) is 0 Å². The molecule has 2 atom stereocenters. The molecule has 0 amide bonds. The molecule has 4 nitrogen and oxygen atoms in total. The van der Waals surface area contributed by atoms with Crippen LogP contribution < -0.4 is 0 Å². The number of alkyl halides is 4. The van der Waals surface area contributed by atoms with Gasteiger partial charge < -0.3 is 9.47 Å². The van der Waals surface area contributed by atoms with Gasteiger partial charge in [0.15, 0.2) is 12.6 Å². The molecule has 29 heavy (non-hydrogen) atoms.